The van der Waals surface area contributed by atoms with Gasteiger partial charge < -0.3 is 25.4 Å². The molecule has 5 rings (SSSR count). The van der Waals surface area contributed by atoms with Crippen molar-refractivity contribution in [2.45, 2.75) is 25.4 Å². The zero-order valence-corrected chi connectivity index (χ0v) is 19.9. The first-order chi connectivity index (χ1) is 16.5. The Morgan fingerprint density at radius 1 is 1.18 bits per heavy atom. The summed E-state index contributed by atoms with van der Waals surface area (Å²) in [5.41, 5.74) is 0.778. The topological polar surface area (TPSA) is 119 Å². The molecule has 1 aromatic carbocycles. The Bertz CT molecular complexity index is 1270. The smallest absolute Gasteiger partial charge is 0.263 e. The molecule has 3 N–H and O–H groups in total. The molecule has 2 aliphatic rings. The fourth-order valence-corrected chi connectivity index (χ4v) is 4.80. The molecule has 2 saturated heterocycles. The van der Waals surface area contributed by atoms with Crippen molar-refractivity contribution in [3.05, 3.63) is 50.5 Å². The number of rotatable bonds is 5. The molecule has 0 spiro atoms. The quantitative estimate of drug-likeness (QED) is 0.484. The first kappa shape index (κ1) is 22.8. The second kappa shape index (κ2) is 9.73. The summed E-state index contributed by atoms with van der Waals surface area (Å²) in [6.07, 6.45) is 3.25. The van der Waals surface area contributed by atoms with E-state index in [4.69, 9.17) is 23.2 Å². The van der Waals surface area contributed by atoms with Gasteiger partial charge in [-0.25, -0.2) is 4.98 Å². The van der Waals surface area contributed by atoms with Gasteiger partial charge in [-0.15, -0.1) is 0 Å². The summed E-state index contributed by atoms with van der Waals surface area (Å²) in [6, 6.07) is 5.17. The van der Waals surface area contributed by atoms with Gasteiger partial charge in [-0.1, -0.05) is 29.3 Å². The fourth-order valence-electron chi connectivity index (χ4n) is 4.32. The standard InChI is InChI=1S/C22H24Cl2N8O2/c23-14-4-3-13(15(24)10-14)11-26-18-17-19(27-12-28-20(17)33)30-22(29-18)32-8-6-31(7-9-32)21(34)16-2-1-5-25-16/h3-4,10,12,16,25H,1-2,5-9,11H2,(H2,26,27,28,29,30,33). The van der Waals surface area contributed by atoms with Crippen LogP contribution in [0, 0.1) is 0 Å². The number of carbonyl (C=O) groups excluding carboxylic acids is 1. The highest BCUT2D eigenvalue weighted by Gasteiger charge is 2.30. The largest absolute Gasteiger partial charge is 0.365 e. The molecule has 10 nitrogen and oxygen atoms in total. The minimum absolute atomic E-state index is 0.0742. The maximum atomic E-state index is 12.7. The van der Waals surface area contributed by atoms with Gasteiger partial charge in [0.25, 0.3) is 5.56 Å². The van der Waals surface area contributed by atoms with Crippen LogP contribution in [0.2, 0.25) is 10.0 Å². The Kier molecular flexibility index (Phi) is 6.53. The van der Waals surface area contributed by atoms with Crippen molar-refractivity contribution >= 4 is 51.9 Å². The molecule has 34 heavy (non-hydrogen) atoms. The molecule has 0 radical (unpaired) electrons. The number of piperazine rings is 1. The molecule has 0 aliphatic carbocycles. The normalized spacial score (nSPS) is 18.5. The Labute approximate surface area is 205 Å². The monoisotopic (exact) mass is 502 g/mol. The Morgan fingerprint density at radius 2 is 2.00 bits per heavy atom. The van der Waals surface area contributed by atoms with Crippen LogP contribution in [0.1, 0.15) is 18.4 Å². The van der Waals surface area contributed by atoms with Crippen LogP contribution in [0.5, 0.6) is 0 Å². The first-order valence-corrected chi connectivity index (χ1v) is 12.0. The second-order valence-corrected chi connectivity index (χ2v) is 9.20. The van der Waals surface area contributed by atoms with E-state index in [1.54, 1.807) is 12.1 Å². The van der Waals surface area contributed by atoms with E-state index < -0.39 is 0 Å². The highest BCUT2D eigenvalue weighted by Crippen LogP contribution is 2.24. The number of carbonyl (C=O) groups is 1. The third-order valence-corrected chi connectivity index (χ3v) is 6.77. The Balaban J connectivity index is 1.37. The molecule has 178 valence electrons. The number of amides is 1. The lowest BCUT2D eigenvalue weighted by atomic mass is 10.2. The van der Waals surface area contributed by atoms with E-state index in [0.29, 0.717) is 60.2 Å². The number of aromatic amines is 1. The van der Waals surface area contributed by atoms with Gasteiger partial charge in [0.05, 0.1) is 12.4 Å². The third-order valence-electron chi connectivity index (χ3n) is 6.18. The highest BCUT2D eigenvalue weighted by atomic mass is 35.5. The summed E-state index contributed by atoms with van der Waals surface area (Å²) in [7, 11) is 0. The maximum absolute atomic E-state index is 12.7. The summed E-state index contributed by atoms with van der Waals surface area (Å²) < 4.78 is 0. The minimum Gasteiger partial charge on any atom is -0.365 e. The molecule has 0 bridgehead atoms. The molecule has 2 aromatic heterocycles. The number of halogens is 2. The number of hydrogen-bond acceptors (Lipinski definition) is 8. The molecule has 1 unspecified atom stereocenters. The molecule has 3 aromatic rings. The number of nitrogens with one attached hydrogen (secondary N) is 3. The van der Waals surface area contributed by atoms with Crippen molar-refractivity contribution in [3.63, 3.8) is 0 Å². The van der Waals surface area contributed by atoms with E-state index in [2.05, 4.69) is 30.6 Å². The molecular formula is C22H24Cl2N8O2. The van der Waals surface area contributed by atoms with Crippen molar-refractivity contribution in [1.82, 2.24) is 30.2 Å². The molecule has 2 fully saturated rings. The lowest BCUT2D eigenvalue weighted by Gasteiger charge is -2.36. The molecule has 4 heterocycles. The molecule has 1 amide bonds. The molecule has 12 heteroatoms. The average Bonchev–Trinajstić information content (AvgIpc) is 3.38. The number of fused-ring (bicyclic) bond motifs is 1. The lowest BCUT2D eigenvalue weighted by molar-refractivity contribution is -0.133. The van der Waals surface area contributed by atoms with Crippen LogP contribution in [-0.4, -0.2) is 69.5 Å². The van der Waals surface area contributed by atoms with E-state index in [1.807, 2.05) is 15.9 Å². The molecule has 0 saturated carbocycles. The first-order valence-electron chi connectivity index (χ1n) is 11.2. The minimum atomic E-state index is -0.333. The number of aromatic nitrogens is 4. The van der Waals surface area contributed by atoms with Crippen molar-refractivity contribution in [1.29, 1.82) is 0 Å². The second-order valence-electron chi connectivity index (χ2n) is 8.35. The fraction of sp³-hybridized carbons (Fsp3) is 0.409. The van der Waals surface area contributed by atoms with E-state index in [0.717, 1.165) is 24.9 Å². The number of nitrogens with zero attached hydrogens (tertiary/aromatic N) is 5. The van der Waals surface area contributed by atoms with Crippen LogP contribution in [-0.2, 0) is 11.3 Å². The van der Waals surface area contributed by atoms with E-state index in [1.165, 1.54) is 6.33 Å². The van der Waals surface area contributed by atoms with Crippen molar-refractivity contribution in [2.24, 2.45) is 0 Å². The van der Waals surface area contributed by atoms with Crippen LogP contribution < -0.4 is 21.1 Å². The SMILES string of the molecule is O=C(C1CCCN1)N1CCN(c2nc(NCc3ccc(Cl)cc3Cl)c3c(=O)[nH]cnc3n2)CC1. The number of H-pyrrole nitrogens is 1. The van der Waals surface area contributed by atoms with Crippen LogP contribution in [0.4, 0.5) is 11.8 Å². The van der Waals surface area contributed by atoms with Crippen LogP contribution in [0.25, 0.3) is 11.0 Å². The van der Waals surface area contributed by atoms with E-state index in [-0.39, 0.29) is 22.9 Å². The van der Waals surface area contributed by atoms with Crippen molar-refractivity contribution in [3.8, 4) is 0 Å². The van der Waals surface area contributed by atoms with Gasteiger partial charge in [-0.2, -0.15) is 9.97 Å². The van der Waals surface area contributed by atoms with Gasteiger partial charge in [0, 0.05) is 42.8 Å². The van der Waals surface area contributed by atoms with Gasteiger partial charge >= 0.3 is 0 Å². The number of benzene rings is 1. The summed E-state index contributed by atoms with van der Waals surface area (Å²) in [5, 5.41) is 7.82. The van der Waals surface area contributed by atoms with Crippen LogP contribution in [0.3, 0.4) is 0 Å². The lowest BCUT2D eigenvalue weighted by Crippen LogP contribution is -2.53. The molecular weight excluding hydrogens is 479 g/mol. The Hall–Kier alpha value is -2.95. The molecule has 1 atom stereocenters. The van der Waals surface area contributed by atoms with Gasteiger partial charge in [0.1, 0.15) is 11.2 Å². The Morgan fingerprint density at radius 3 is 2.74 bits per heavy atom. The number of anilines is 2. The van der Waals surface area contributed by atoms with Crippen molar-refractivity contribution < 1.29 is 4.79 Å². The maximum Gasteiger partial charge on any atom is 0.263 e. The predicted molar refractivity (Wildman–Crippen MR) is 132 cm³/mol. The highest BCUT2D eigenvalue weighted by molar-refractivity contribution is 6.35. The van der Waals surface area contributed by atoms with Gasteiger partial charge in [-0.3, -0.25) is 9.59 Å². The van der Waals surface area contributed by atoms with Crippen LogP contribution in [0.15, 0.2) is 29.3 Å². The average molecular weight is 503 g/mol. The van der Waals surface area contributed by atoms with Gasteiger partial charge in [-0.05, 0) is 37.1 Å². The summed E-state index contributed by atoms with van der Waals surface area (Å²) in [6.45, 7) is 3.59. The number of hydrogen-bond donors (Lipinski definition) is 3. The third kappa shape index (κ3) is 4.66. The zero-order valence-electron chi connectivity index (χ0n) is 18.4. The van der Waals surface area contributed by atoms with Crippen LogP contribution >= 0.6 is 23.2 Å². The zero-order chi connectivity index (χ0) is 23.7. The summed E-state index contributed by atoms with van der Waals surface area (Å²) in [5.74, 6) is 0.988. The van der Waals surface area contributed by atoms with E-state index in [9.17, 15) is 9.59 Å². The molecule has 2 aliphatic heterocycles. The van der Waals surface area contributed by atoms with Gasteiger partial charge in [0.15, 0.2) is 5.65 Å². The van der Waals surface area contributed by atoms with Crippen molar-refractivity contribution in [2.75, 3.05) is 42.9 Å². The summed E-state index contributed by atoms with van der Waals surface area (Å²) >= 11 is 12.3. The predicted octanol–water partition coefficient (Wildman–Crippen LogP) is 2.03. The van der Waals surface area contributed by atoms with Gasteiger partial charge in [0.2, 0.25) is 11.9 Å². The van der Waals surface area contributed by atoms with E-state index >= 15 is 0 Å². The summed E-state index contributed by atoms with van der Waals surface area (Å²) in [4.78, 5) is 45.2.